The fraction of sp³-hybridized carbons (Fsp3) is 0.650. The number of benzene rings is 1. The number of aliphatic imine (C=N–C) groups is 1. The van der Waals surface area contributed by atoms with Crippen LogP contribution in [0.2, 0.25) is 0 Å². The van der Waals surface area contributed by atoms with Crippen LogP contribution in [0.4, 0.5) is 0 Å². The summed E-state index contributed by atoms with van der Waals surface area (Å²) in [5.74, 6) is 2.52. The van der Waals surface area contributed by atoms with Gasteiger partial charge in [0.25, 0.3) is 0 Å². The van der Waals surface area contributed by atoms with Crippen molar-refractivity contribution in [2.24, 2.45) is 4.99 Å². The number of nitrogens with one attached hydrogen (secondary N) is 1. The zero-order valence-corrected chi connectivity index (χ0v) is 16.7. The quantitative estimate of drug-likeness (QED) is 0.595. The normalized spacial score (nSPS) is 21.4. The summed E-state index contributed by atoms with van der Waals surface area (Å²) in [7, 11) is 5.18. The third-order valence-corrected chi connectivity index (χ3v) is 5.38. The molecular formula is C20H32N4O3. The molecule has 0 bridgehead atoms. The Balaban J connectivity index is 1.48. The van der Waals surface area contributed by atoms with Crippen LogP contribution < -0.4 is 14.8 Å². The second-order valence-electron chi connectivity index (χ2n) is 6.95. The van der Waals surface area contributed by atoms with E-state index in [2.05, 4.69) is 26.2 Å². The average Bonchev–Trinajstić information content (AvgIpc) is 3.21. The van der Waals surface area contributed by atoms with Gasteiger partial charge in [0.05, 0.1) is 27.4 Å². The molecule has 1 aromatic rings. The van der Waals surface area contributed by atoms with E-state index < -0.39 is 0 Å². The zero-order chi connectivity index (χ0) is 19.1. The van der Waals surface area contributed by atoms with E-state index in [1.807, 2.05) is 19.2 Å². The van der Waals surface area contributed by atoms with Gasteiger partial charge in [-0.05, 0) is 30.5 Å². The van der Waals surface area contributed by atoms with Gasteiger partial charge in [-0.15, -0.1) is 0 Å². The lowest BCUT2D eigenvalue weighted by atomic mass is 10.1. The van der Waals surface area contributed by atoms with Crippen LogP contribution in [0.15, 0.2) is 23.2 Å². The van der Waals surface area contributed by atoms with E-state index in [1.165, 1.54) is 12.0 Å². The van der Waals surface area contributed by atoms with Gasteiger partial charge < -0.3 is 24.4 Å². The first-order valence-electron chi connectivity index (χ1n) is 9.73. The number of hydrogen-bond donors (Lipinski definition) is 1. The van der Waals surface area contributed by atoms with Gasteiger partial charge in [0, 0.05) is 45.8 Å². The van der Waals surface area contributed by atoms with Gasteiger partial charge in [0.15, 0.2) is 17.5 Å². The van der Waals surface area contributed by atoms with Crippen LogP contribution >= 0.6 is 0 Å². The molecule has 1 atom stereocenters. The Morgan fingerprint density at radius 2 is 1.96 bits per heavy atom. The minimum Gasteiger partial charge on any atom is -0.493 e. The number of rotatable bonds is 6. The van der Waals surface area contributed by atoms with Crippen molar-refractivity contribution in [3.63, 3.8) is 0 Å². The van der Waals surface area contributed by atoms with E-state index in [0.717, 1.165) is 69.8 Å². The van der Waals surface area contributed by atoms with Crippen LogP contribution in [-0.2, 0) is 11.2 Å². The molecule has 1 aromatic carbocycles. The molecule has 2 aliphatic rings. The van der Waals surface area contributed by atoms with Crippen molar-refractivity contribution in [3.8, 4) is 11.5 Å². The van der Waals surface area contributed by atoms with Crippen LogP contribution in [-0.4, -0.2) is 89.0 Å². The maximum absolute atomic E-state index is 5.47. The maximum Gasteiger partial charge on any atom is 0.193 e. The largest absolute Gasteiger partial charge is 0.493 e. The van der Waals surface area contributed by atoms with Crippen molar-refractivity contribution in [1.29, 1.82) is 0 Å². The van der Waals surface area contributed by atoms with E-state index in [4.69, 9.17) is 14.2 Å². The third-order valence-electron chi connectivity index (χ3n) is 5.38. The molecule has 0 amide bonds. The van der Waals surface area contributed by atoms with E-state index in [-0.39, 0.29) is 0 Å². The van der Waals surface area contributed by atoms with Crippen molar-refractivity contribution in [1.82, 2.24) is 15.1 Å². The highest BCUT2D eigenvalue weighted by Crippen LogP contribution is 2.27. The molecule has 0 spiro atoms. The Bertz CT molecular complexity index is 632. The lowest BCUT2D eigenvalue weighted by molar-refractivity contribution is 0.0195. The zero-order valence-electron chi connectivity index (χ0n) is 16.7. The highest BCUT2D eigenvalue weighted by molar-refractivity contribution is 5.80. The van der Waals surface area contributed by atoms with E-state index in [0.29, 0.717) is 6.04 Å². The summed E-state index contributed by atoms with van der Waals surface area (Å²) in [5.41, 5.74) is 1.21. The summed E-state index contributed by atoms with van der Waals surface area (Å²) < 4.78 is 16.2. The number of hydrogen-bond acceptors (Lipinski definition) is 5. The molecule has 0 saturated carbocycles. The van der Waals surface area contributed by atoms with Crippen LogP contribution in [0.25, 0.3) is 0 Å². The Kier molecular flexibility index (Phi) is 7.18. The standard InChI is InChI=1S/C20H32N4O3/c1-21-20(24-9-7-17(15-24)23-10-12-27-13-11-23)22-8-6-16-4-5-18(25-2)19(14-16)26-3/h4-5,14,17H,6-13,15H2,1-3H3,(H,21,22). The molecular weight excluding hydrogens is 344 g/mol. The van der Waals surface area contributed by atoms with Gasteiger partial charge in [0.2, 0.25) is 0 Å². The maximum atomic E-state index is 5.47. The van der Waals surface area contributed by atoms with Crippen molar-refractivity contribution >= 4 is 5.96 Å². The van der Waals surface area contributed by atoms with Crippen LogP contribution in [0.5, 0.6) is 11.5 Å². The fourth-order valence-electron chi connectivity index (χ4n) is 3.86. The second-order valence-corrected chi connectivity index (χ2v) is 6.95. The van der Waals surface area contributed by atoms with E-state index in [1.54, 1.807) is 14.2 Å². The summed E-state index contributed by atoms with van der Waals surface area (Å²) in [5, 5.41) is 3.51. The lowest BCUT2D eigenvalue weighted by Crippen LogP contribution is -2.46. The number of methoxy groups -OCH3 is 2. The summed E-state index contributed by atoms with van der Waals surface area (Å²) in [6.45, 7) is 6.73. The van der Waals surface area contributed by atoms with Crippen molar-refractivity contribution in [3.05, 3.63) is 23.8 Å². The first kappa shape index (κ1) is 19.8. The topological polar surface area (TPSA) is 58.6 Å². The first-order chi connectivity index (χ1) is 13.2. The Morgan fingerprint density at radius 1 is 1.19 bits per heavy atom. The molecule has 0 aliphatic carbocycles. The number of nitrogens with zero attached hydrogens (tertiary/aromatic N) is 3. The van der Waals surface area contributed by atoms with Crippen molar-refractivity contribution in [2.45, 2.75) is 18.9 Å². The Labute approximate surface area is 162 Å². The highest BCUT2D eigenvalue weighted by atomic mass is 16.5. The molecule has 2 aliphatic heterocycles. The Morgan fingerprint density at radius 3 is 2.67 bits per heavy atom. The molecule has 2 fully saturated rings. The molecule has 1 N–H and O–H groups in total. The summed E-state index contributed by atoms with van der Waals surface area (Å²) in [6.07, 6.45) is 2.09. The minimum atomic E-state index is 0.610. The molecule has 7 heteroatoms. The number of morpholine rings is 1. The van der Waals surface area contributed by atoms with Gasteiger partial charge in [-0.2, -0.15) is 0 Å². The predicted molar refractivity (Wildman–Crippen MR) is 107 cm³/mol. The molecule has 0 aromatic heterocycles. The first-order valence-corrected chi connectivity index (χ1v) is 9.73. The molecule has 7 nitrogen and oxygen atoms in total. The lowest BCUT2D eigenvalue weighted by Gasteiger charge is -2.32. The van der Waals surface area contributed by atoms with E-state index >= 15 is 0 Å². The highest BCUT2D eigenvalue weighted by Gasteiger charge is 2.30. The third kappa shape index (κ3) is 5.05. The van der Waals surface area contributed by atoms with Gasteiger partial charge in [-0.1, -0.05) is 6.07 Å². The molecule has 0 radical (unpaired) electrons. The molecule has 150 valence electrons. The van der Waals surface area contributed by atoms with Crippen molar-refractivity contribution < 1.29 is 14.2 Å². The van der Waals surface area contributed by atoms with Gasteiger partial charge in [-0.25, -0.2) is 0 Å². The summed E-state index contributed by atoms with van der Waals surface area (Å²) >= 11 is 0. The monoisotopic (exact) mass is 376 g/mol. The second kappa shape index (κ2) is 9.80. The number of likely N-dealkylation sites (tertiary alicyclic amines) is 1. The smallest absolute Gasteiger partial charge is 0.193 e. The van der Waals surface area contributed by atoms with Gasteiger partial charge in [-0.3, -0.25) is 9.89 Å². The van der Waals surface area contributed by atoms with Crippen LogP contribution in [0.1, 0.15) is 12.0 Å². The van der Waals surface area contributed by atoms with Gasteiger partial charge in [0.1, 0.15) is 0 Å². The predicted octanol–water partition coefficient (Wildman–Crippen LogP) is 1.23. The van der Waals surface area contributed by atoms with Gasteiger partial charge >= 0.3 is 0 Å². The fourth-order valence-corrected chi connectivity index (χ4v) is 3.86. The summed E-state index contributed by atoms with van der Waals surface area (Å²) in [4.78, 5) is 9.41. The summed E-state index contributed by atoms with van der Waals surface area (Å²) in [6, 6.07) is 6.68. The molecule has 1 unspecified atom stereocenters. The van der Waals surface area contributed by atoms with Crippen LogP contribution in [0, 0.1) is 0 Å². The molecule has 27 heavy (non-hydrogen) atoms. The Hall–Kier alpha value is -1.99. The number of ether oxygens (including phenoxy) is 3. The molecule has 2 saturated heterocycles. The van der Waals surface area contributed by atoms with Crippen molar-refractivity contribution in [2.75, 3.05) is 67.2 Å². The number of guanidine groups is 1. The minimum absolute atomic E-state index is 0.610. The molecule has 3 rings (SSSR count). The van der Waals surface area contributed by atoms with Crippen LogP contribution in [0.3, 0.4) is 0 Å². The van der Waals surface area contributed by atoms with E-state index in [9.17, 15) is 0 Å². The molecule has 2 heterocycles. The average molecular weight is 377 g/mol. The SMILES string of the molecule is CN=C(NCCc1ccc(OC)c(OC)c1)N1CCC(N2CCOCC2)C1.